The fraction of sp³-hybridized carbons (Fsp3) is 1.00. The second-order valence-electron chi connectivity index (χ2n) is 5.89. The first-order chi connectivity index (χ1) is 7.06. The number of hydrogen-bond acceptors (Lipinski definition) is 0. The van der Waals surface area contributed by atoms with Crippen molar-refractivity contribution in [3.05, 3.63) is 0 Å². The third-order valence-corrected chi connectivity index (χ3v) is 3.48. The van der Waals surface area contributed by atoms with E-state index in [9.17, 15) is 0 Å². The molecule has 0 bridgehead atoms. The third-order valence-electron chi connectivity index (χ3n) is 3.48. The van der Waals surface area contributed by atoms with Gasteiger partial charge in [0.25, 0.3) is 0 Å². The highest BCUT2D eigenvalue weighted by Gasteiger charge is 2.06. The average molecular weight is 212 g/mol. The molecule has 0 aliphatic carbocycles. The second kappa shape index (κ2) is 9.24. The van der Waals surface area contributed by atoms with Crippen molar-refractivity contribution in [1.82, 2.24) is 0 Å². The van der Waals surface area contributed by atoms with Crippen LogP contribution in [0.25, 0.3) is 0 Å². The lowest BCUT2D eigenvalue weighted by molar-refractivity contribution is 0.372. The Bertz CT molecular complexity index is 126. The van der Waals surface area contributed by atoms with Gasteiger partial charge in [0.2, 0.25) is 0 Å². The Hall–Kier alpha value is 0. The third kappa shape index (κ3) is 10.3. The lowest BCUT2D eigenvalue weighted by atomic mass is 9.91. The van der Waals surface area contributed by atoms with Crippen molar-refractivity contribution in [3.63, 3.8) is 0 Å². The molecule has 0 rings (SSSR count). The highest BCUT2D eigenvalue weighted by atomic mass is 14.1. The molecule has 0 aromatic heterocycles. The van der Waals surface area contributed by atoms with Gasteiger partial charge in [-0.15, -0.1) is 0 Å². The lowest BCUT2D eigenvalue weighted by Gasteiger charge is -2.15. The van der Waals surface area contributed by atoms with Crippen LogP contribution in [0.4, 0.5) is 0 Å². The molecule has 92 valence electrons. The van der Waals surface area contributed by atoms with Gasteiger partial charge in [0.1, 0.15) is 0 Å². The molecular weight excluding hydrogens is 180 g/mol. The Balaban J connectivity index is 3.27. The molecule has 0 fully saturated rings. The molecule has 15 heavy (non-hydrogen) atoms. The number of unbranched alkanes of at least 4 members (excludes halogenated alkanes) is 2. The molecule has 0 N–H and O–H groups in total. The first kappa shape index (κ1) is 15.0. The first-order valence-corrected chi connectivity index (χ1v) is 7.06. The van der Waals surface area contributed by atoms with E-state index in [1.54, 1.807) is 0 Å². The van der Waals surface area contributed by atoms with Crippen LogP contribution in [-0.2, 0) is 0 Å². The Morgan fingerprint density at radius 2 is 1.33 bits per heavy atom. The zero-order chi connectivity index (χ0) is 11.7. The maximum atomic E-state index is 2.43. The van der Waals surface area contributed by atoms with Crippen LogP contribution in [0.3, 0.4) is 0 Å². The zero-order valence-electron chi connectivity index (χ0n) is 11.7. The quantitative estimate of drug-likeness (QED) is 0.432. The highest BCUT2D eigenvalue weighted by Crippen LogP contribution is 2.20. The average Bonchev–Trinajstić information content (AvgIpc) is 2.16. The summed E-state index contributed by atoms with van der Waals surface area (Å²) in [5, 5.41) is 0. The maximum absolute atomic E-state index is 2.43. The van der Waals surface area contributed by atoms with Crippen molar-refractivity contribution in [3.8, 4) is 0 Å². The predicted octanol–water partition coefficient (Wildman–Crippen LogP) is 5.67. The summed E-state index contributed by atoms with van der Waals surface area (Å²) in [6, 6.07) is 0. The minimum atomic E-state index is 0.891. The van der Waals surface area contributed by atoms with Crippen LogP contribution in [0.1, 0.15) is 79.6 Å². The van der Waals surface area contributed by atoms with Gasteiger partial charge >= 0.3 is 0 Å². The second-order valence-corrected chi connectivity index (χ2v) is 5.89. The molecule has 0 aromatic carbocycles. The fourth-order valence-corrected chi connectivity index (χ4v) is 2.19. The van der Waals surface area contributed by atoms with Gasteiger partial charge in [-0.1, -0.05) is 73.1 Å². The summed E-state index contributed by atoms with van der Waals surface area (Å²) >= 11 is 0. The smallest absolute Gasteiger partial charge is 0.0440 e. The van der Waals surface area contributed by atoms with E-state index in [0.29, 0.717) is 0 Å². The summed E-state index contributed by atoms with van der Waals surface area (Å²) in [6.07, 6.45) is 9.97. The van der Waals surface area contributed by atoms with E-state index in [0.717, 1.165) is 17.8 Å². The molecule has 0 nitrogen and oxygen atoms in total. The molecule has 0 aromatic rings. The normalized spacial score (nSPS) is 15.6. The summed E-state index contributed by atoms with van der Waals surface area (Å²) < 4.78 is 0. The predicted molar refractivity (Wildman–Crippen MR) is 71.2 cm³/mol. The molecule has 0 spiro atoms. The SMILES string of the molecule is CCC(C)CC(C)CCCCCC(C)C. The molecule has 0 amide bonds. The molecule has 0 saturated heterocycles. The van der Waals surface area contributed by atoms with Crippen LogP contribution in [-0.4, -0.2) is 0 Å². The summed E-state index contributed by atoms with van der Waals surface area (Å²) in [5.74, 6) is 2.76. The standard InChI is InChI=1S/C15H32/c1-6-14(4)12-15(5)11-9-7-8-10-13(2)3/h13-15H,6-12H2,1-5H3. The van der Waals surface area contributed by atoms with Gasteiger partial charge in [0.05, 0.1) is 0 Å². The minimum absolute atomic E-state index is 0.891. The van der Waals surface area contributed by atoms with Gasteiger partial charge in [-0.2, -0.15) is 0 Å². The van der Waals surface area contributed by atoms with Crippen LogP contribution < -0.4 is 0 Å². The molecule has 0 radical (unpaired) electrons. The molecular formula is C15H32. The van der Waals surface area contributed by atoms with Crippen molar-refractivity contribution in [1.29, 1.82) is 0 Å². The van der Waals surface area contributed by atoms with Gasteiger partial charge in [0, 0.05) is 0 Å². The van der Waals surface area contributed by atoms with Crippen molar-refractivity contribution < 1.29 is 0 Å². The van der Waals surface area contributed by atoms with Gasteiger partial charge in [-0.3, -0.25) is 0 Å². The molecule has 0 saturated carbocycles. The fourth-order valence-electron chi connectivity index (χ4n) is 2.19. The van der Waals surface area contributed by atoms with E-state index in [4.69, 9.17) is 0 Å². The van der Waals surface area contributed by atoms with Crippen LogP contribution in [0.15, 0.2) is 0 Å². The highest BCUT2D eigenvalue weighted by molar-refractivity contribution is 4.59. The minimum Gasteiger partial charge on any atom is -0.0651 e. The molecule has 0 aliphatic heterocycles. The Labute approximate surface area is 97.8 Å². The molecule has 0 heteroatoms. The van der Waals surface area contributed by atoms with Crippen molar-refractivity contribution in [2.24, 2.45) is 17.8 Å². The Morgan fingerprint density at radius 3 is 1.87 bits per heavy atom. The summed E-state index contributed by atoms with van der Waals surface area (Å²) in [5.41, 5.74) is 0. The van der Waals surface area contributed by atoms with Gasteiger partial charge in [-0.25, -0.2) is 0 Å². The largest absolute Gasteiger partial charge is 0.0651 e. The lowest BCUT2D eigenvalue weighted by Crippen LogP contribution is -2.02. The van der Waals surface area contributed by atoms with E-state index < -0.39 is 0 Å². The van der Waals surface area contributed by atoms with Gasteiger partial charge in [0.15, 0.2) is 0 Å². The van der Waals surface area contributed by atoms with Crippen molar-refractivity contribution in [2.75, 3.05) is 0 Å². The topological polar surface area (TPSA) is 0 Å². The number of hydrogen-bond donors (Lipinski definition) is 0. The molecule has 0 aliphatic rings. The van der Waals surface area contributed by atoms with Crippen LogP contribution in [0.2, 0.25) is 0 Å². The van der Waals surface area contributed by atoms with Crippen molar-refractivity contribution >= 4 is 0 Å². The van der Waals surface area contributed by atoms with E-state index in [1.807, 2.05) is 0 Å². The van der Waals surface area contributed by atoms with Crippen molar-refractivity contribution in [2.45, 2.75) is 79.6 Å². The summed E-state index contributed by atoms with van der Waals surface area (Å²) in [4.78, 5) is 0. The van der Waals surface area contributed by atoms with Gasteiger partial charge < -0.3 is 0 Å². The van der Waals surface area contributed by atoms with Crippen LogP contribution in [0.5, 0.6) is 0 Å². The zero-order valence-corrected chi connectivity index (χ0v) is 11.7. The summed E-state index contributed by atoms with van der Waals surface area (Å²) in [6.45, 7) is 11.8. The monoisotopic (exact) mass is 212 g/mol. The Kier molecular flexibility index (Phi) is 9.24. The van der Waals surface area contributed by atoms with E-state index in [-0.39, 0.29) is 0 Å². The van der Waals surface area contributed by atoms with E-state index in [1.165, 1.54) is 44.9 Å². The van der Waals surface area contributed by atoms with Gasteiger partial charge in [-0.05, 0) is 24.2 Å². The van der Waals surface area contributed by atoms with E-state index in [2.05, 4.69) is 34.6 Å². The maximum Gasteiger partial charge on any atom is -0.0440 e. The van der Waals surface area contributed by atoms with Crippen LogP contribution in [0, 0.1) is 17.8 Å². The van der Waals surface area contributed by atoms with E-state index >= 15 is 0 Å². The Morgan fingerprint density at radius 1 is 0.733 bits per heavy atom. The number of rotatable bonds is 9. The molecule has 2 atom stereocenters. The summed E-state index contributed by atoms with van der Waals surface area (Å²) in [7, 11) is 0. The first-order valence-electron chi connectivity index (χ1n) is 7.06. The molecule has 2 unspecified atom stereocenters. The molecule has 0 heterocycles. The van der Waals surface area contributed by atoms with Crippen LogP contribution >= 0.6 is 0 Å².